The van der Waals surface area contributed by atoms with Crippen LogP contribution in [-0.4, -0.2) is 47.8 Å². The monoisotopic (exact) mass is 669 g/mol. The predicted molar refractivity (Wildman–Crippen MR) is 131 cm³/mol. The maximum Gasteiger partial charge on any atom is 1.00 e. The van der Waals surface area contributed by atoms with Crippen LogP contribution in [0.3, 0.4) is 0 Å². The predicted octanol–water partition coefficient (Wildman–Crippen LogP) is 3.55. The molecule has 0 aromatic heterocycles. The third kappa shape index (κ3) is 15.8. The third-order valence-electron chi connectivity index (χ3n) is 4.77. The van der Waals surface area contributed by atoms with Crippen molar-refractivity contribution in [2.24, 2.45) is 7.54 Å². The van der Waals surface area contributed by atoms with E-state index in [2.05, 4.69) is 11.7 Å². The van der Waals surface area contributed by atoms with Crippen LogP contribution in [0.1, 0.15) is 90.9 Å². The van der Waals surface area contributed by atoms with E-state index in [4.69, 9.17) is 0 Å². The maximum absolute atomic E-state index is 13.1. The van der Waals surface area contributed by atoms with Crippen LogP contribution < -0.4 is 51.4 Å². The Bertz CT molecular complexity index is 1070. The first-order valence-corrected chi connectivity index (χ1v) is 17.8. The fraction of sp³-hybridized carbons (Fsp3) is 1.00. The normalized spacial score (nSPS) is 16.2. The third-order valence-corrected chi connectivity index (χ3v) is 12.9. The van der Waals surface area contributed by atoms with E-state index in [0.717, 1.165) is 25.7 Å². The molecule has 0 amide bonds. The summed E-state index contributed by atoms with van der Waals surface area (Å²) in [5.41, 5.74) is -12.1. The number of rotatable bonds is 18. The Labute approximate surface area is 265 Å². The molecule has 0 radical (unpaired) electrons. The fourth-order valence-corrected chi connectivity index (χ4v) is 10.5. The number of hydrogen-bond acceptors (Lipinski definition) is 6. The molecule has 0 heterocycles. The summed E-state index contributed by atoms with van der Waals surface area (Å²) in [6, 6.07) is 0. The number of nitrogens with zero attached hydrogens (tertiary/aromatic N) is 3. The van der Waals surface area contributed by atoms with E-state index in [9.17, 15) is 51.6 Å². The van der Waals surface area contributed by atoms with Crippen LogP contribution in [-0.2, 0) is 39.9 Å². The Morgan fingerprint density at radius 1 is 0.526 bits per heavy atom. The quantitative estimate of drug-likeness (QED) is 0.124. The van der Waals surface area contributed by atoms with Crippen LogP contribution in [0.5, 0.6) is 0 Å². The molecule has 0 aromatic carbocycles. The zero-order chi connectivity index (χ0) is 29.0. The molecule has 0 aliphatic rings. The van der Waals surface area contributed by atoms with Crippen LogP contribution in [0.4, 0.5) is 26.3 Å². The number of halogens is 6. The first-order chi connectivity index (χ1) is 16.7. The van der Waals surface area contributed by atoms with E-state index >= 15 is 0 Å². The van der Waals surface area contributed by atoms with Crippen molar-refractivity contribution in [2.75, 3.05) is 11.5 Å². The average molecular weight is 670 g/mol. The van der Waals surface area contributed by atoms with Gasteiger partial charge in [-0.3, -0.25) is 8.42 Å². The molecule has 0 saturated heterocycles. The molecule has 20 heteroatoms. The zero-order valence-electron chi connectivity index (χ0n) is 21.6. The van der Waals surface area contributed by atoms with Crippen molar-refractivity contribution < 1.29 is 103 Å². The van der Waals surface area contributed by atoms with Crippen molar-refractivity contribution in [1.29, 1.82) is 0 Å². The van der Waals surface area contributed by atoms with E-state index in [1.165, 1.54) is 0 Å². The van der Waals surface area contributed by atoms with Gasteiger partial charge < -0.3 is 4.13 Å². The van der Waals surface area contributed by atoms with Crippen molar-refractivity contribution in [3.05, 3.63) is 4.13 Å². The summed E-state index contributed by atoms with van der Waals surface area (Å²) in [5.74, 6) is -1.99. The second-order valence-electron chi connectivity index (χ2n) is 8.22. The molecule has 0 aromatic rings. The second kappa shape index (κ2) is 17.8. The number of sulfonamides is 2. The van der Waals surface area contributed by atoms with Crippen LogP contribution in [0.25, 0.3) is 4.13 Å². The molecule has 0 fully saturated rings. The van der Waals surface area contributed by atoms with Gasteiger partial charge in [0.2, 0.25) is 0 Å². The van der Waals surface area contributed by atoms with Crippen molar-refractivity contribution >= 4 is 39.9 Å². The first-order valence-electron chi connectivity index (χ1n) is 11.6. The molecule has 38 heavy (non-hydrogen) atoms. The summed E-state index contributed by atoms with van der Waals surface area (Å²) < 4.78 is 158. The Hall–Kier alpha value is 0.976. The standard InChI is InChI=1S/C18H34F6N3O6S4.K/c1-3-5-7-9-11-13-15-34(28,26-36(30,31)17(19,20)21)25-35(29,16-14-12-10-8-6-4-2)27-37(32,33)18(22,23)24;/h3-16H2,1-2H3;/q-1;+1. The van der Waals surface area contributed by atoms with E-state index in [1.54, 1.807) is 0 Å². The van der Waals surface area contributed by atoms with Crippen molar-refractivity contribution in [3.8, 4) is 0 Å². The van der Waals surface area contributed by atoms with Crippen LogP contribution in [0, 0.1) is 0 Å². The minimum atomic E-state index is -6.47. The molecular weight excluding hydrogens is 636 g/mol. The first kappa shape index (κ1) is 41.1. The molecule has 0 saturated carbocycles. The van der Waals surface area contributed by atoms with Gasteiger partial charge >= 0.3 is 82.4 Å². The summed E-state index contributed by atoms with van der Waals surface area (Å²) in [4.78, 5) is 0. The number of unbranched alkanes of at least 4 members (excludes halogenated alkanes) is 10. The smallest absolute Gasteiger partial charge is 0.470 e. The summed E-state index contributed by atoms with van der Waals surface area (Å²) in [7, 11) is -23.0. The summed E-state index contributed by atoms with van der Waals surface area (Å²) in [6.07, 6.45) is 5.74. The van der Waals surface area contributed by atoms with E-state index < -0.39 is 62.4 Å². The van der Waals surface area contributed by atoms with Gasteiger partial charge in [-0.1, -0.05) is 78.1 Å². The molecule has 0 aliphatic carbocycles. The molecule has 9 nitrogen and oxygen atoms in total. The van der Waals surface area contributed by atoms with E-state index in [1.807, 2.05) is 13.8 Å². The van der Waals surface area contributed by atoms with Crippen LogP contribution >= 0.6 is 0 Å². The molecule has 0 spiro atoms. The van der Waals surface area contributed by atoms with Gasteiger partial charge in [-0.25, -0.2) is 0 Å². The van der Waals surface area contributed by atoms with Gasteiger partial charge in [0.25, 0.3) is 0 Å². The fourth-order valence-electron chi connectivity index (χ4n) is 2.89. The van der Waals surface area contributed by atoms with Crippen molar-refractivity contribution in [1.82, 2.24) is 0 Å². The second-order valence-corrected chi connectivity index (χ2v) is 16.1. The number of hydrogen-bond donors (Lipinski definition) is 0. The molecule has 2 unspecified atom stereocenters. The van der Waals surface area contributed by atoms with Gasteiger partial charge in [0.1, 0.15) is 0 Å². The van der Waals surface area contributed by atoms with Gasteiger partial charge in [-0.05, 0) is 32.7 Å². The average Bonchev–Trinajstić information content (AvgIpc) is 2.70. The van der Waals surface area contributed by atoms with Gasteiger partial charge in [0.15, 0.2) is 0 Å². The van der Waals surface area contributed by atoms with Crippen molar-refractivity contribution in [3.63, 3.8) is 0 Å². The summed E-state index contributed by atoms with van der Waals surface area (Å²) in [6.45, 7) is 3.82. The summed E-state index contributed by atoms with van der Waals surface area (Å²) in [5, 5.41) is 0. The Morgan fingerprint density at radius 2 is 0.789 bits per heavy atom. The molecule has 0 rings (SSSR count). The molecule has 0 aliphatic heterocycles. The van der Waals surface area contributed by atoms with Gasteiger partial charge in [0.05, 0.1) is 0 Å². The van der Waals surface area contributed by atoms with Gasteiger partial charge in [-0.15, -0.1) is 7.54 Å². The zero-order valence-corrected chi connectivity index (χ0v) is 28.0. The molecular formula is C18H34F6KN3O6S4. The molecule has 2 atom stereocenters. The minimum Gasteiger partial charge on any atom is -0.470 e. The van der Waals surface area contributed by atoms with Crippen LogP contribution in [0.15, 0.2) is 7.54 Å². The van der Waals surface area contributed by atoms with Gasteiger partial charge in [0, 0.05) is 11.5 Å². The molecule has 0 bridgehead atoms. The Morgan fingerprint density at radius 3 is 1.05 bits per heavy atom. The SMILES string of the molecule is CCCCCCCCS(=O)(=NS(=O)(=O)C(F)(F)F)[N-]S(=O)(CCCCCCCC)=NS(=O)(=O)C(F)(F)F.[K+]. The topological polar surface area (TPSA) is 141 Å². The summed E-state index contributed by atoms with van der Waals surface area (Å²) >= 11 is 0. The van der Waals surface area contributed by atoms with Crippen LogP contribution in [0.2, 0.25) is 0 Å². The Balaban J connectivity index is 0. The minimum absolute atomic E-state index is 0. The van der Waals surface area contributed by atoms with E-state index in [-0.39, 0.29) is 77.1 Å². The maximum atomic E-state index is 13.1. The van der Waals surface area contributed by atoms with Gasteiger partial charge in [-0.2, -0.15) is 43.2 Å². The Kier molecular flexibility index (Phi) is 19.3. The molecule has 0 N–H and O–H groups in total. The number of alkyl halides is 6. The van der Waals surface area contributed by atoms with Crippen molar-refractivity contribution in [2.45, 2.75) is 102 Å². The van der Waals surface area contributed by atoms with E-state index in [0.29, 0.717) is 25.7 Å². The molecule has 224 valence electrons. The largest absolute Gasteiger partial charge is 1.00 e.